The van der Waals surface area contributed by atoms with E-state index in [0.717, 1.165) is 38.0 Å². The minimum atomic E-state index is -0.152. The SMILES string of the molecule is CCc1ccc(NC(=O)C2=NCCCCN2)cc1. The van der Waals surface area contributed by atoms with Gasteiger partial charge in [-0.15, -0.1) is 0 Å². The van der Waals surface area contributed by atoms with E-state index in [1.54, 1.807) is 0 Å². The number of aryl methyl sites for hydroxylation is 1. The fourth-order valence-corrected chi connectivity index (χ4v) is 1.86. The summed E-state index contributed by atoms with van der Waals surface area (Å²) < 4.78 is 0. The number of hydrogen-bond donors (Lipinski definition) is 2. The Kier molecular flexibility index (Phi) is 4.34. The average molecular weight is 245 g/mol. The lowest BCUT2D eigenvalue weighted by atomic mass is 10.1. The van der Waals surface area contributed by atoms with Crippen LogP contribution < -0.4 is 10.6 Å². The van der Waals surface area contributed by atoms with Gasteiger partial charge in [-0.05, 0) is 37.0 Å². The first-order valence-electron chi connectivity index (χ1n) is 6.48. The molecule has 1 heterocycles. The number of carbonyl (C=O) groups excluding carboxylic acids is 1. The highest BCUT2D eigenvalue weighted by atomic mass is 16.2. The highest BCUT2D eigenvalue weighted by Crippen LogP contribution is 2.10. The first-order chi connectivity index (χ1) is 8.79. The lowest BCUT2D eigenvalue weighted by molar-refractivity contribution is -0.110. The molecule has 0 spiro atoms. The van der Waals surface area contributed by atoms with E-state index < -0.39 is 0 Å². The van der Waals surface area contributed by atoms with Crippen LogP contribution in [0.4, 0.5) is 5.69 Å². The number of nitrogens with zero attached hydrogens (tertiary/aromatic N) is 1. The number of aliphatic imine (C=N–C) groups is 1. The van der Waals surface area contributed by atoms with Crippen LogP contribution in [0.1, 0.15) is 25.3 Å². The minimum absolute atomic E-state index is 0.152. The van der Waals surface area contributed by atoms with E-state index in [9.17, 15) is 4.79 Å². The average Bonchev–Trinajstić information content (AvgIpc) is 2.68. The van der Waals surface area contributed by atoms with Gasteiger partial charge in [0.25, 0.3) is 5.91 Å². The fourth-order valence-electron chi connectivity index (χ4n) is 1.86. The second kappa shape index (κ2) is 6.19. The molecule has 4 heteroatoms. The Balaban J connectivity index is 1.99. The van der Waals surface area contributed by atoms with Crippen molar-refractivity contribution in [1.29, 1.82) is 0 Å². The van der Waals surface area contributed by atoms with Gasteiger partial charge in [0.2, 0.25) is 0 Å². The predicted octanol–water partition coefficient (Wildman–Crippen LogP) is 1.97. The molecule has 1 aliphatic rings. The van der Waals surface area contributed by atoms with Crippen LogP contribution in [-0.4, -0.2) is 24.8 Å². The number of anilines is 1. The molecule has 1 aromatic rings. The van der Waals surface area contributed by atoms with Gasteiger partial charge in [0.15, 0.2) is 5.84 Å². The van der Waals surface area contributed by atoms with E-state index in [1.165, 1.54) is 5.56 Å². The standard InChI is InChI=1S/C14H19N3O/c1-2-11-5-7-12(8-6-11)17-14(18)13-15-9-3-4-10-16-13/h5-8H,2-4,9-10H2,1H3,(H,15,16)(H,17,18). The molecule has 18 heavy (non-hydrogen) atoms. The molecule has 4 nitrogen and oxygen atoms in total. The molecule has 0 saturated carbocycles. The molecule has 1 amide bonds. The largest absolute Gasteiger partial charge is 0.366 e. The summed E-state index contributed by atoms with van der Waals surface area (Å²) in [5, 5.41) is 5.92. The summed E-state index contributed by atoms with van der Waals surface area (Å²) in [6, 6.07) is 7.90. The monoisotopic (exact) mass is 245 g/mol. The molecule has 0 atom stereocenters. The number of hydrogen-bond acceptors (Lipinski definition) is 3. The Hall–Kier alpha value is -1.84. The number of carbonyl (C=O) groups is 1. The molecule has 2 rings (SSSR count). The number of nitrogens with one attached hydrogen (secondary N) is 2. The second-order valence-corrected chi connectivity index (χ2v) is 4.37. The summed E-state index contributed by atoms with van der Waals surface area (Å²) in [5.74, 6) is 0.299. The maximum Gasteiger partial charge on any atom is 0.290 e. The first-order valence-corrected chi connectivity index (χ1v) is 6.48. The van der Waals surface area contributed by atoms with Crippen LogP contribution in [-0.2, 0) is 11.2 Å². The van der Waals surface area contributed by atoms with Gasteiger partial charge in [0.05, 0.1) is 0 Å². The van der Waals surface area contributed by atoms with Crippen molar-refractivity contribution in [3.05, 3.63) is 29.8 Å². The maximum absolute atomic E-state index is 12.0. The number of amides is 1. The van der Waals surface area contributed by atoms with Gasteiger partial charge in [-0.2, -0.15) is 0 Å². The van der Waals surface area contributed by atoms with Crippen LogP contribution in [0, 0.1) is 0 Å². The summed E-state index contributed by atoms with van der Waals surface area (Å²) in [6.45, 7) is 3.66. The predicted molar refractivity (Wildman–Crippen MR) is 74.0 cm³/mol. The van der Waals surface area contributed by atoms with Crippen LogP contribution >= 0.6 is 0 Å². The van der Waals surface area contributed by atoms with Gasteiger partial charge in [-0.3, -0.25) is 9.79 Å². The lowest BCUT2D eigenvalue weighted by Crippen LogP contribution is -2.35. The zero-order chi connectivity index (χ0) is 12.8. The molecular weight excluding hydrogens is 226 g/mol. The minimum Gasteiger partial charge on any atom is -0.366 e. The Morgan fingerprint density at radius 3 is 2.83 bits per heavy atom. The van der Waals surface area contributed by atoms with Gasteiger partial charge >= 0.3 is 0 Å². The van der Waals surface area contributed by atoms with Gasteiger partial charge in [-0.25, -0.2) is 0 Å². The van der Waals surface area contributed by atoms with Crippen LogP contribution in [0.2, 0.25) is 0 Å². The summed E-state index contributed by atoms with van der Waals surface area (Å²) in [4.78, 5) is 16.2. The van der Waals surface area contributed by atoms with Crippen LogP contribution in [0.5, 0.6) is 0 Å². The van der Waals surface area contributed by atoms with Gasteiger partial charge in [0, 0.05) is 18.8 Å². The van der Waals surface area contributed by atoms with E-state index in [2.05, 4.69) is 22.5 Å². The quantitative estimate of drug-likeness (QED) is 0.855. The van der Waals surface area contributed by atoms with Crippen molar-refractivity contribution < 1.29 is 4.79 Å². The molecular formula is C14H19N3O. The molecule has 0 aliphatic carbocycles. The van der Waals surface area contributed by atoms with E-state index in [4.69, 9.17) is 0 Å². The zero-order valence-electron chi connectivity index (χ0n) is 10.7. The molecule has 0 saturated heterocycles. The Labute approximate surface area is 108 Å². The Morgan fingerprint density at radius 2 is 2.11 bits per heavy atom. The van der Waals surface area contributed by atoms with Crippen LogP contribution in [0.15, 0.2) is 29.3 Å². The summed E-state index contributed by atoms with van der Waals surface area (Å²) in [5.41, 5.74) is 2.07. The van der Waals surface area contributed by atoms with Crippen molar-refractivity contribution in [3.63, 3.8) is 0 Å². The number of benzene rings is 1. The molecule has 0 fully saturated rings. The van der Waals surface area contributed by atoms with Crippen molar-refractivity contribution in [2.24, 2.45) is 4.99 Å². The zero-order valence-corrected chi connectivity index (χ0v) is 10.7. The third-order valence-electron chi connectivity index (χ3n) is 2.98. The number of amidine groups is 1. The molecule has 0 radical (unpaired) electrons. The number of rotatable bonds is 3. The van der Waals surface area contributed by atoms with Crippen molar-refractivity contribution in [1.82, 2.24) is 5.32 Å². The van der Waals surface area contributed by atoms with E-state index in [1.807, 2.05) is 24.3 Å². The summed E-state index contributed by atoms with van der Waals surface area (Å²) in [6.07, 6.45) is 3.10. The molecule has 1 aromatic carbocycles. The molecule has 1 aliphatic heterocycles. The van der Waals surface area contributed by atoms with Crippen LogP contribution in [0.25, 0.3) is 0 Å². The lowest BCUT2D eigenvalue weighted by Gasteiger charge is -2.08. The van der Waals surface area contributed by atoms with Crippen molar-refractivity contribution in [2.45, 2.75) is 26.2 Å². The summed E-state index contributed by atoms with van der Waals surface area (Å²) in [7, 11) is 0. The Bertz CT molecular complexity index is 437. The summed E-state index contributed by atoms with van der Waals surface area (Å²) >= 11 is 0. The van der Waals surface area contributed by atoms with Crippen molar-refractivity contribution in [3.8, 4) is 0 Å². The second-order valence-electron chi connectivity index (χ2n) is 4.37. The van der Waals surface area contributed by atoms with Crippen molar-refractivity contribution in [2.75, 3.05) is 18.4 Å². The topological polar surface area (TPSA) is 53.5 Å². The van der Waals surface area contributed by atoms with Gasteiger partial charge < -0.3 is 10.6 Å². The van der Waals surface area contributed by atoms with Crippen molar-refractivity contribution >= 4 is 17.4 Å². The van der Waals surface area contributed by atoms with Gasteiger partial charge in [0.1, 0.15) is 0 Å². The van der Waals surface area contributed by atoms with E-state index in [-0.39, 0.29) is 5.91 Å². The van der Waals surface area contributed by atoms with E-state index in [0.29, 0.717) is 5.84 Å². The molecule has 96 valence electrons. The molecule has 0 unspecified atom stereocenters. The smallest absolute Gasteiger partial charge is 0.290 e. The third-order valence-corrected chi connectivity index (χ3v) is 2.98. The highest BCUT2D eigenvalue weighted by Gasteiger charge is 2.12. The highest BCUT2D eigenvalue weighted by molar-refractivity contribution is 6.42. The Morgan fingerprint density at radius 1 is 1.33 bits per heavy atom. The van der Waals surface area contributed by atoms with Crippen LogP contribution in [0.3, 0.4) is 0 Å². The third kappa shape index (κ3) is 3.32. The molecule has 0 aromatic heterocycles. The van der Waals surface area contributed by atoms with Gasteiger partial charge in [-0.1, -0.05) is 19.1 Å². The van der Waals surface area contributed by atoms with E-state index >= 15 is 0 Å². The normalized spacial score (nSPS) is 15.3. The molecule has 2 N–H and O–H groups in total. The maximum atomic E-state index is 12.0. The molecule has 0 bridgehead atoms. The first kappa shape index (κ1) is 12.6. The fraction of sp³-hybridized carbons (Fsp3) is 0.429.